The van der Waals surface area contributed by atoms with Crippen LogP contribution >= 0.6 is 0 Å². The first-order valence-corrected chi connectivity index (χ1v) is 4.45. The van der Waals surface area contributed by atoms with Crippen molar-refractivity contribution in [3.63, 3.8) is 0 Å². The summed E-state index contributed by atoms with van der Waals surface area (Å²) in [6, 6.07) is 4.76. The average Bonchev–Trinajstić information content (AvgIpc) is 2.47. The molecule has 0 atom stereocenters. The van der Waals surface area contributed by atoms with Crippen LogP contribution in [0.15, 0.2) is 28.9 Å². The topological polar surface area (TPSA) is 39.2 Å². The van der Waals surface area contributed by atoms with Crippen molar-refractivity contribution in [1.29, 1.82) is 0 Å². The highest BCUT2D eigenvalue weighted by atomic mass is 19.1. The minimum absolute atomic E-state index is 0.287. The third-order valence-electron chi connectivity index (χ3n) is 2.24. The van der Waals surface area contributed by atoms with Gasteiger partial charge in [-0.05, 0) is 26.0 Å². The lowest BCUT2D eigenvalue weighted by molar-refractivity contribution is 0.533. The summed E-state index contributed by atoms with van der Waals surface area (Å²) < 4.78 is 18.7. The van der Waals surface area contributed by atoms with E-state index in [1.807, 2.05) is 13.8 Å². The highest BCUT2D eigenvalue weighted by Gasteiger charge is 2.21. The van der Waals surface area contributed by atoms with E-state index in [1.165, 1.54) is 12.3 Å². The van der Waals surface area contributed by atoms with E-state index in [2.05, 4.69) is 0 Å². The number of nitrogens with two attached hydrogens (primary N) is 1. The van der Waals surface area contributed by atoms with Crippen molar-refractivity contribution in [2.75, 3.05) is 0 Å². The van der Waals surface area contributed by atoms with E-state index in [4.69, 9.17) is 10.2 Å². The van der Waals surface area contributed by atoms with Crippen LogP contribution in [-0.2, 0) is 5.54 Å². The minimum Gasteiger partial charge on any atom is -0.464 e. The molecule has 0 amide bonds. The molecule has 3 heteroatoms. The molecule has 0 aliphatic rings. The fourth-order valence-electron chi connectivity index (χ4n) is 1.52. The number of halogens is 1. The highest BCUT2D eigenvalue weighted by molar-refractivity contribution is 5.82. The molecule has 0 bridgehead atoms. The Bertz CT molecular complexity index is 468. The molecular weight excluding hydrogens is 181 g/mol. The predicted octanol–water partition coefficient (Wildman–Crippen LogP) is 2.77. The second-order valence-electron chi connectivity index (χ2n) is 3.98. The summed E-state index contributed by atoms with van der Waals surface area (Å²) in [5, 5.41) is 0.486. The van der Waals surface area contributed by atoms with Gasteiger partial charge in [0.1, 0.15) is 11.4 Å². The standard InChI is InChI=1S/C11H12FNO/c1-11(2,13)7-6-14-9-5-3-4-8(12)10(7)9/h3-6H,13H2,1-2H3. The Balaban J connectivity index is 2.80. The van der Waals surface area contributed by atoms with Gasteiger partial charge in [-0.15, -0.1) is 0 Å². The Morgan fingerprint density at radius 2 is 2.07 bits per heavy atom. The molecule has 0 radical (unpaired) electrons. The molecule has 2 aromatic rings. The van der Waals surface area contributed by atoms with E-state index in [1.54, 1.807) is 12.1 Å². The largest absolute Gasteiger partial charge is 0.464 e. The van der Waals surface area contributed by atoms with Crippen LogP contribution in [0.3, 0.4) is 0 Å². The molecule has 0 saturated heterocycles. The van der Waals surface area contributed by atoms with Crippen LogP contribution < -0.4 is 5.73 Å². The quantitative estimate of drug-likeness (QED) is 0.756. The Labute approximate surface area is 81.5 Å². The maximum Gasteiger partial charge on any atom is 0.137 e. The van der Waals surface area contributed by atoms with Gasteiger partial charge in [-0.2, -0.15) is 0 Å². The smallest absolute Gasteiger partial charge is 0.137 e. The first-order chi connectivity index (χ1) is 6.50. The van der Waals surface area contributed by atoms with Crippen LogP contribution in [0, 0.1) is 5.82 Å². The molecular formula is C11H12FNO. The van der Waals surface area contributed by atoms with Crippen LogP contribution in [0.4, 0.5) is 4.39 Å². The lowest BCUT2D eigenvalue weighted by Gasteiger charge is -2.16. The van der Waals surface area contributed by atoms with Gasteiger partial charge in [-0.1, -0.05) is 6.07 Å². The van der Waals surface area contributed by atoms with Crippen LogP contribution in [-0.4, -0.2) is 0 Å². The summed E-state index contributed by atoms with van der Waals surface area (Å²) in [6.07, 6.45) is 1.52. The van der Waals surface area contributed by atoms with E-state index in [0.29, 0.717) is 16.5 Å². The first-order valence-electron chi connectivity index (χ1n) is 4.45. The maximum atomic E-state index is 13.5. The third kappa shape index (κ3) is 1.30. The molecule has 0 unspecified atom stereocenters. The fraction of sp³-hybridized carbons (Fsp3) is 0.273. The van der Waals surface area contributed by atoms with E-state index in [9.17, 15) is 4.39 Å². The van der Waals surface area contributed by atoms with Crippen molar-refractivity contribution in [2.45, 2.75) is 19.4 Å². The van der Waals surface area contributed by atoms with Crippen molar-refractivity contribution in [3.8, 4) is 0 Å². The Morgan fingerprint density at radius 1 is 1.36 bits per heavy atom. The van der Waals surface area contributed by atoms with E-state index in [0.717, 1.165) is 0 Å². The Morgan fingerprint density at radius 3 is 2.71 bits per heavy atom. The van der Waals surface area contributed by atoms with Gasteiger partial charge in [0.15, 0.2) is 0 Å². The molecule has 2 N–H and O–H groups in total. The Kier molecular flexibility index (Phi) is 1.86. The molecule has 1 heterocycles. The molecule has 0 saturated carbocycles. The summed E-state index contributed by atoms with van der Waals surface area (Å²) in [5.74, 6) is -0.287. The fourth-order valence-corrected chi connectivity index (χ4v) is 1.52. The van der Waals surface area contributed by atoms with E-state index < -0.39 is 5.54 Å². The van der Waals surface area contributed by atoms with Gasteiger partial charge in [-0.25, -0.2) is 4.39 Å². The van der Waals surface area contributed by atoms with E-state index in [-0.39, 0.29) is 5.82 Å². The molecule has 0 spiro atoms. The van der Waals surface area contributed by atoms with Gasteiger partial charge in [0.25, 0.3) is 0 Å². The zero-order valence-corrected chi connectivity index (χ0v) is 8.17. The Hall–Kier alpha value is -1.35. The zero-order valence-electron chi connectivity index (χ0n) is 8.17. The maximum absolute atomic E-state index is 13.5. The van der Waals surface area contributed by atoms with Crippen LogP contribution in [0.2, 0.25) is 0 Å². The molecule has 2 nitrogen and oxygen atoms in total. The number of furan rings is 1. The monoisotopic (exact) mass is 193 g/mol. The van der Waals surface area contributed by atoms with Crippen molar-refractivity contribution in [3.05, 3.63) is 35.8 Å². The highest BCUT2D eigenvalue weighted by Crippen LogP contribution is 2.30. The SMILES string of the molecule is CC(C)(N)c1coc2cccc(F)c12. The summed E-state index contributed by atoms with van der Waals surface area (Å²) >= 11 is 0. The number of rotatable bonds is 1. The van der Waals surface area contributed by atoms with Crippen LogP contribution in [0.25, 0.3) is 11.0 Å². The number of benzene rings is 1. The normalized spacial score (nSPS) is 12.3. The van der Waals surface area contributed by atoms with Crippen molar-refractivity contribution >= 4 is 11.0 Å². The lowest BCUT2D eigenvalue weighted by Crippen LogP contribution is -2.28. The molecule has 0 fully saturated rings. The van der Waals surface area contributed by atoms with Crippen LogP contribution in [0.5, 0.6) is 0 Å². The molecule has 1 aromatic heterocycles. The van der Waals surface area contributed by atoms with Crippen LogP contribution in [0.1, 0.15) is 19.4 Å². The number of fused-ring (bicyclic) bond motifs is 1. The molecule has 2 rings (SSSR count). The van der Waals surface area contributed by atoms with Crippen molar-refractivity contribution < 1.29 is 8.81 Å². The minimum atomic E-state index is -0.590. The molecule has 1 aromatic carbocycles. The second-order valence-corrected chi connectivity index (χ2v) is 3.98. The van der Waals surface area contributed by atoms with Gasteiger partial charge < -0.3 is 10.2 Å². The zero-order chi connectivity index (χ0) is 10.3. The first kappa shape index (κ1) is 9.21. The summed E-state index contributed by atoms with van der Waals surface area (Å²) in [7, 11) is 0. The number of hydrogen-bond donors (Lipinski definition) is 1. The average molecular weight is 193 g/mol. The van der Waals surface area contributed by atoms with Gasteiger partial charge in [0.2, 0.25) is 0 Å². The molecule has 0 aliphatic heterocycles. The lowest BCUT2D eigenvalue weighted by atomic mass is 9.95. The summed E-state index contributed by atoms with van der Waals surface area (Å²) in [4.78, 5) is 0. The van der Waals surface area contributed by atoms with Crippen molar-refractivity contribution in [2.24, 2.45) is 5.73 Å². The molecule has 14 heavy (non-hydrogen) atoms. The van der Waals surface area contributed by atoms with Gasteiger partial charge in [-0.3, -0.25) is 0 Å². The second kappa shape index (κ2) is 2.82. The summed E-state index contributed by atoms with van der Waals surface area (Å²) in [6.45, 7) is 3.65. The van der Waals surface area contributed by atoms with E-state index >= 15 is 0 Å². The van der Waals surface area contributed by atoms with Gasteiger partial charge in [0.05, 0.1) is 11.6 Å². The van der Waals surface area contributed by atoms with Gasteiger partial charge in [0, 0.05) is 11.1 Å². The predicted molar refractivity (Wildman–Crippen MR) is 53.4 cm³/mol. The molecule has 74 valence electrons. The van der Waals surface area contributed by atoms with Gasteiger partial charge >= 0.3 is 0 Å². The third-order valence-corrected chi connectivity index (χ3v) is 2.24. The van der Waals surface area contributed by atoms with Crippen molar-refractivity contribution in [1.82, 2.24) is 0 Å². The summed E-state index contributed by atoms with van der Waals surface area (Å²) in [5.41, 5.74) is 6.56. The molecule has 0 aliphatic carbocycles. The number of hydrogen-bond acceptors (Lipinski definition) is 2.